The van der Waals surface area contributed by atoms with E-state index in [1.165, 1.54) is 5.56 Å². The van der Waals surface area contributed by atoms with Crippen LogP contribution in [0.3, 0.4) is 0 Å². The van der Waals surface area contributed by atoms with E-state index in [1.54, 1.807) is 0 Å². The van der Waals surface area contributed by atoms with Crippen LogP contribution in [-0.2, 0) is 24.4 Å². The molecule has 1 amide bonds. The first-order chi connectivity index (χ1) is 16.1. The standard InChI is InChI=1S/C26H32N6O/c1-30(15-20-8-4-2-5-9-20)16-23-17-32(29-28-23)18-24-14-21-12-13-31(24)19-25(21)26(33)27-22-10-6-3-7-11-22/h2-11,17,21,24-25H,12-16,18-19H2,1H3,(H,27,33)/t21-,24+,25+/m1/s1. The summed E-state index contributed by atoms with van der Waals surface area (Å²) in [4.78, 5) is 17.6. The van der Waals surface area contributed by atoms with Gasteiger partial charge in [-0.2, -0.15) is 0 Å². The molecule has 2 bridgehead atoms. The molecule has 7 nitrogen and oxygen atoms in total. The summed E-state index contributed by atoms with van der Waals surface area (Å²) >= 11 is 0. The zero-order valence-electron chi connectivity index (χ0n) is 19.2. The van der Waals surface area contributed by atoms with Gasteiger partial charge in [-0.3, -0.25) is 19.3 Å². The Labute approximate surface area is 195 Å². The molecule has 3 fully saturated rings. The predicted molar refractivity (Wildman–Crippen MR) is 128 cm³/mol. The van der Waals surface area contributed by atoms with Gasteiger partial charge in [-0.05, 0) is 50.0 Å². The molecule has 2 aromatic carbocycles. The van der Waals surface area contributed by atoms with Crippen molar-refractivity contribution in [3.8, 4) is 0 Å². The maximum atomic E-state index is 12.9. The van der Waals surface area contributed by atoms with Gasteiger partial charge in [0.25, 0.3) is 0 Å². The minimum absolute atomic E-state index is 0.0631. The molecule has 33 heavy (non-hydrogen) atoms. The Balaban J connectivity index is 1.14. The van der Waals surface area contributed by atoms with Crippen LogP contribution in [0.25, 0.3) is 0 Å². The Morgan fingerprint density at radius 1 is 1.09 bits per heavy atom. The van der Waals surface area contributed by atoms with Crippen LogP contribution in [0.2, 0.25) is 0 Å². The van der Waals surface area contributed by atoms with Gasteiger partial charge in [-0.1, -0.05) is 53.7 Å². The van der Waals surface area contributed by atoms with Gasteiger partial charge in [0.1, 0.15) is 0 Å². The molecule has 6 rings (SSSR count). The van der Waals surface area contributed by atoms with Crippen molar-refractivity contribution in [2.45, 2.75) is 38.5 Å². The highest BCUT2D eigenvalue weighted by molar-refractivity contribution is 5.93. The molecule has 4 heterocycles. The maximum absolute atomic E-state index is 12.9. The molecule has 0 radical (unpaired) electrons. The summed E-state index contributed by atoms with van der Waals surface area (Å²) < 4.78 is 1.98. The van der Waals surface area contributed by atoms with E-state index in [0.717, 1.165) is 56.9 Å². The third-order valence-corrected chi connectivity index (χ3v) is 6.97. The fraction of sp³-hybridized carbons (Fsp3) is 0.423. The number of piperidine rings is 3. The van der Waals surface area contributed by atoms with Gasteiger partial charge in [0.15, 0.2) is 0 Å². The first-order valence-electron chi connectivity index (χ1n) is 11.9. The summed E-state index contributed by atoms with van der Waals surface area (Å²) in [6.45, 7) is 4.38. The Morgan fingerprint density at radius 3 is 2.58 bits per heavy atom. The average molecular weight is 445 g/mol. The van der Waals surface area contributed by atoms with Gasteiger partial charge >= 0.3 is 0 Å². The summed E-state index contributed by atoms with van der Waals surface area (Å²) in [6, 6.07) is 20.7. The van der Waals surface area contributed by atoms with Crippen molar-refractivity contribution in [3.05, 3.63) is 78.1 Å². The summed E-state index contributed by atoms with van der Waals surface area (Å²) in [5.41, 5.74) is 3.16. The summed E-state index contributed by atoms with van der Waals surface area (Å²) in [6.07, 6.45) is 4.21. The molecular weight excluding hydrogens is 412 g/mol. The van der Waals surface area contributed by atoms with Crippen molar-refractivity contribution in [2.24, 2.45) is 11.8 Å². The number of benzene rings is 2. The Morgan fingerprint density at radius 2 is 1.85 bits per heavy atom. The largest absolute Gasteiger partial charge is 0.326 e. The lowest BCUT2D eigenvalue weighted by molar-refractivity contribution is -0.127. The number of hydrogen-bond donors (Lipinski definition) is 1. The van der Waals surface area contributed by atoms with Crippen molar-refractivity contribution in [2.75, 3.05) is 25.5 Å². The van der Waals surface area contributed by atoms with E-state index < -0.39 is 0 Å². The van der Waals surface area contributed by atoms with Crippen LogP contribution >= 0.6 is 0 Å². The van der Waals surface area contributed by atoms with Crippen molar-refractivity contribution in [1.82, 2.24) is 24.8 Å². The minimum Gasteiger partial charge on any atom is -0.326 e. The van der Waals surface area contributed by atoms with Gasteiger partial charge in [0.05, 0.1) is 18.2 Å². The minimum atomic E-state index is 0.0631. The fourth-order valence-electron chi connectivity index (χ4n) is 5.33. The second-order valence-electron chi connectivity index (χ2n) is 9.48. The van der Waals surface area contributed by atoms with Crippen LogP contribution in [-0.4, -0.2) is 56.9 Å². The van der Waals surface area contributed by atoms with Gasteiger partial charge in [-0.25, -0.2) is 0 Å². The summed E-state index contributed by atoms with van der Waals surface area (Å²) in [5, 5.41) is 11.9. The zero-order chi connectivity index (χ0) is 22.6. The van der Waals surface area contributed by atoms with E-state index >= 15 is 0 Å². The highest BCUT2D eigenvalue weighted by Gasteiger charge is 2.43. The lowest BCUT2D eigenvalue weighted by atomic mass is 9.75. The van der Waals surface area contributed by atoms with Crippen molar-refractivity contribution >= 4 is 11.6 Å². The predicted octanol–water partition coefficient (Wildman–Crippen LogP) is 3.26. The van der Waals surface area contributed by atoms with Crippen LogP contribution in [0.4, 0.5) is 5.69 Å². The molecule has 3 aliphatic heterocycles. The molecular formula is C26H32N6O. The molecule has 172 valence electrons. The first kappa shape index (κ1) is 21.8. The molecule has 3 aliphatic rings. The van der Waals surface area contributed by atoms with Gasteiger partial charge in [0.2, 0.25) is 5.91 Å². The molecule has 3 aromatic rings. The first-order valence-corrected chi connectivity index (χ1v) is 11.9. The quantitative estimate of drug-likeness (QED) is 0.578. The monoisotopic (exact) mass is 444 g/mol. The molecule has 0 spiro atoms. The lowest BCUT2D eigenvalue weighted by Crippen LogP contribution is -2.57. The zero-order valence-corrected chi connectivity index (χ0v) is 19.2. The van der Waals surface area contributed by atoms with E-state index in [0.29, 0.717) is 12.0 Å². The Bertz CT molecular complexity index is 1050. The lowest BCUT2D eigenvalue weighted by Gasteiger charge is -2.49. The molecule has 1 unspecified atom stereocenters. The Kier molecular flexibility index (Phi) is 6.51. The molecule has 1 N–H and O–H groups in total. The number of anilines is 1. The van der Waals surface area contributed by atoms with Crippen LogP contribution in [0.1, 0.15) is 24.1 Å². The number of carbonyl (C=O) groups is 1. The number of nitrogens with one attached hydrogen (secondary N) is 1. The van der Waals surface area contributed by atoms with E-state index in [1.807, 2.05) is 41.1 Å². The molecule has 1 aromatic heterocycles. The number of aromatic nitrogens is 3. The number of amides is 1. The molecule has 0 aliphatic carbocycles. The van der Waals surface area contributed by atoms with Gasteiger partial charge in [-0.15, -0.1) is 5.10 Å². The third-order valence-electron chi connectivity index (χ3n) is 6.97. The van der Waals surface area contributed by atoms with Crippen molar-refractivity contribution < 1.29 is 4.79 Å². The second-order valence-corrected chi connectivity index (χ2v) is 9.48. The Hall–Kier alpha value is -3.03. The van der Waals surface area contributed by atoms with E-state index in [-0.39, 0.29) is 11.8 Å². The number of nitrogens with zero attached hydrogens (tertiary/aromatic N) is 5. The number of rotatable bonds is 8. The smallest absolute Gasteiger partial charge is 0.229 e. The highest BCUT2D eigenvalue weighted by atomic mass is 16.2. The summed E-state index contributed by atoms with van der Waals surface area (Å²) in [5.74, 6) is 0.649. The molecule has 4 atom stereocenters. The van der Waals surface area contributed by atoms with Crippen LogP contribution < -0.4 is 5.32 Å². The SMILES string of the molecule is CN(Cc1ccccc1)Cc1cn(C[C@@H]2C[C@H]3CCN2C[C@@H]3C(=O)Nc2ccccc2)nn1. The van der Waals surface area contributed by atoms with Crippen molar-refractivity contribution in [1.29, 1.82) is 0 Å². The topological polar surface area (TPSA) is 66.3 Å². The van der Waals surface area contributed by atoms with E-state index in [4.69, 9.17) is 0 Å². The molecule has 3 saturated heterocycles. The molecule has 7 heteroatoms. The number of fused-ring (bicyclic) bond motifs is 3. The second kappa shape index (κ2) is 9.85. The number of carbonyl (C=O) groups excluding carboxylic acids is 1. The average Bonchev–Trinajstić information content (AvgIpc) is 3.27. The summed E-state index contributed by atoms with van der Waals surface area (Å²) in [7, 11) is 2.11. The van der Waals surface area contributed by atoms with Crippen LogP contribution in [0, 0.1) is 11.8 Å². The van der Waals surface area contributed by atoms with Crippen LogP contribution in [0.15, 0.2) is 66.9 Å². The van der Waals surface area contributed by atoms with Crippen LogP contribution in [0.5, 0.6) is 0 Å². The highest BCUT2D eigenvalue weighted by Crippen LogP contribution is 2.37. The van der Waals surface area contributed by atoms with Crippen molar-refractivity contribution in [3.63, 3.8) is 0 Å². The van der Waals surface area contributed by atoms with Gasteiger partial charge in [0, 0.05) is 37.6 Å². The van der Waals surface area contributed by atoms with Gasteiger partial charge < -0.3 is 5.32 Å². The number of para-hydroxylation sites is 1. The van der Waals surface area contributed by atoms with E-state index in [2.05, 4.69) is 62.9 Å². The maximum Gasteiger partial charge on any atom is 0.229 e. The molecule has 0 saturated carbocycles. The number of hydrogen-bond acceptors (Lipinski definition) is 5. The van der Waals surface area contributed by atoms with E-state index in [9.17, 15) is 4.79 Å². The third kappa shape index (κ3) is 5.31. The normalized spacial score (nSPS) is 24.2. The fourth-order valence-corrected chi connectivity index (χ4v) is 5.33.